The van der Waals surface area contributed by atoms with Gasteiger partial charge in [-0.1, -0.05) is 31.1 Å². The maximum Gasteiger partial charge on any atom is 0.222 e. The molecule has 2 N–H and O–H groups in total. The maximum atomic E-state index is 5.57. The Labute approximate surface area is 108 Å². The molecule has 92 valence electrons. The van der Waals surface area contributed by atoms with Crippen molar-refractivity contribution in [1.29, 1.82) is 0 Å². The van der Waals surface area contributed by atoms with E-state index in [0.29, 0.717) is 11.8 Å². The molecular formula is C13H13N3OS. The summed E-state index contributed by atoms with van der Waals surface area (Å²) in [7, 11) is 0. The maximum absolute atomic E-state index is 5.57. The van der Waals surface area contributed by atoms with Crippen LogP contribution in [0.5, 0.6) is 0 Å². The van der Waals surface area contributed by atoms with E-state index in [2.05, 4.69) is 25.1 Å². The van der Waals surface area contributed by atoms with Gasteiger partial charge in [-0.25, -0.2) is 4.98 Å². The molecule has 5 heteroatoms. The highest BCUT2D eigenvalue weighted by Gasteiger charge is 2.13. The number of nitrogens with two attached hydrogens (primary N) is 1. The van der Waals surface area contributed by atoms with Crippen LogP contribution in [0.2, 0.25) is 0 Å². The number of anilines is 1. The minimum atomic E-state index is 0.321. The molecule has 3 rings (SSSR count). The first kappa shape index (κ1) is 11.2. The van der Waals surface area contributed by atoms with Gasteiger partial charge in [0.1, 0.15) is 5.69 Å². The molecule has 0 aliphatic rings. The van der Waals surface area contributed by atoms with Crippen molar-refractivity contribution in [3.63, 3.8) is 0 Å². The summed E-state index contributed by atoms with van der Waals surface area (Å²) in [5, 5.41) is 5.09. The average molecular weight is 259 g/mol. The first-order valence-corrected chi connectivity index (χ1v) is 6.59. The van der Waals surface area contributed by atoms with Crippen LogP contribution in [-0.4, -0.2) is 10.1 Å². The molecule has 0 saturated carbocycles. The van der Waals surface area contributed by atoms with Crippen molar-refractivity contribution in [3.8, 4) is 11.3 Å². The fourth-order valence-corrected chi connectivity index (χ4v) is 2.83. The van der Waals surface area contributed by atoms with Gasteiger partial charge in [0.05, 0.1) is 15.2 Å². The van der Waals surface area contributed by atoms with E-state index in [1.165, 1.54) is 0 Å². The molecule has 3 aromatic rings. The van der Waals surface area contributed by atoms with Crippen LogP contribution in [0.25, 0.3) is 21.5 Å². The summed E-state index contributed by atoms with van der Waals surface area (Å²) in [6.45, 7) is 4.29. The van der Waals surface area contributed by atoms with E-state index in [1.54, 1.807) is 17.4 Å². The molecule has 0 aliphatic heterocycles. The number of rotatable bonds is 2. The second-order valence-corrected chi connectivity index (χ2v) is 5.54. The smallest absolute Gasteiger partial charge is 0.222 e. The van der Waals surface area contributed by atoms with E-state index in [-0.39, 0.29) is 0 Å². The minimum Gasteiger partial charge on any atom is -0.368 e. The second-order valence-electron chi connectivity index (χ2n) is 4.47. The van der Waals surface area contributed by atoms with Gasteiger partial charge in [0.15, 0.2) is 0 Å². The Morgan fingerprint density at radius 3 is 2.83 bits per heavy atom. The molecule has 0 saturated heterocycles. The Kier molecular flexibility index (Phi) is 2.56. The van der Waals surface area contributed by atoms with Crippen molar-refractivity contribution >= 4 is 27.4 Å². The standard InChI is InChI=1S/C13H13N3OS/c1-7(2)13-15-12-8(4-3-5-10(12)18-13)9-6-11(14)17-16-9/h3-7H,14H2,1-2H3. The SMILES string of the molecule is CC(C)c1nc2c(-c3cc(N)on3)cccc2s1. The van der Waals surface area contributed by atoms with Crippen molar-refractivity contribution in [2.24, 2.45) is 0 Å². The van der Waals surface area contributed by atoms with Gasteiger partial charge < -0.3 is 10.3 Å². The van der Waals surface area contributed by atoms with Gasteiger partial charge in [0.25, 0.3) is 0 Å². The Hall–Kier alpha value is -1.88. The van der Waals surface area contributed by atoms with E-state index in [4.69, 9.17) is 15.2 Å². The lowest BCUT2D eigenvalue weighted by Gasteiger charge is -1.96. The highest BCUT2D eigenvalue weighted by molar-refractivity contribution is 7.18. The monoisotopic (exact) mass is 259 g/mol. The summed E-state index contributed by atoms with van der Waals surface area (Å²) in [6, 6.07) is 7.79. The van der Waals surface area contributed by atoms with E-state index in [9.17, 15) is 0 Å². The average Bonchev–Trinajstić information content (AvgIpc) is 2.94. The Morgan fingerprint density at radius 2 is 2.17 bits per heavy atom. The van der Waals surface area contributed by atoms with Gasteiger partial charge in [-0.05, 0) is 6.07 Å². The molecule has 0 spiro atoms. The van der Waals surface area contributed by atoms with Crippen LogP contribution in [0.15, 0.2) is 28.8 Å². The molecule has 0 unspecified atom stereocenters. The van der Waals surface area contributed by atoms with E-state index in [0.717, 1.165) is 26.5 Å². The molecule has 0 aliphatic carbocycles. The second kappa shape index (κ2) is 4.10. The number of para-hydroxylation sites is 1. The van der Waals surface area contributed by atoms with E-state index in [1.807, 2.05) is 12.1 Å². The van der Waals surface area contributed by atoms with Gasteiger partial charge in [0.2, 0.25) is 5.88 Å². The Bertz CT molecular complexity index is 699. The molecule has 0 radical (unpaired) electrons. The number of hydrogen-bond donors (Lipinski definition) is 1. The molecule has 2 heterocycles. The first-order chi connectivity index (χ1) is 8.65. The number of nitrogen functional groups attached to an aromatic ring is 1. The first-order valence-electron chi connectivity index (χ1n) is 5.77. The zero-order valence-corrected chi connectivity index (χ0v) is 11.0. The summed E-state index contributed by atoms with van der Waals surface area (Å²) in [4.78, 5) is 4.69. The number of hydrogen-bond acceptors (Lipinski definition) is 5. The summed E-state index contributed by atoms with van der Waals surface area (Å²) in [6.07, 6.45) is 0. The van der Waals surface area contributed by atoms with Crippen LogP contribution in [-0.2, 0) is 0 Å². The van der Waals surface area contributed by atoms with Gasteiger partial charge in [0, 0.05) is 17.5 Å². The number of fused-ring (bicyclic) bond motifs is 1. The Balaban J connectivity index is 2.23. The molecule has 18 heavy (non-hydrogen) atoms. The van der Waals surface area contributed by atoms with Crippen LogP contribution < -0.4 is 5.73 Å². The predicted octanol–water partition coefficient (Wildman–Crippen LogP) is 3.66. The molecule has 0 atom stereocenters. The summed E-state index contributed by atoms with van der Waals surface area (Å²) in [5.41, 5.74) is 8.24. The molecule has 0 bridgehead atoms. The molecule has 0 fully saturated rings. The van der Waals surface area contributed by atoms with Crippen LogP contribution in [0.4, 0.5) is 5.88 Å². The quantitative estimate of drug-likeness (QED) is 0.762. The highest BCUT2D eigenvalue weighted by Crippen LogP contribution is 2.33. The predicted molar refractivity (Wildman–Crippen MR) is 73.6 cm³/mol. The van der Waals surface area contributed by atoms with Crippen molar-refractivity contribution < 1.29 is 4.52 Å². The van der Waals surface area contributed by atoms with Crippen molar-refractivity contribution in [2.45, 2.75) is 19.8 Å². The van der Waals surface area contributed by atoms with Gasteiger partial charge in [-0.15, -0.1) is 11.3 Å². The molecule has 2 aromatic heterocycles. The largest absolute Gasteiger partial charge is 0.368 e. The fourth-order valence-electron chi connectivity index (χ4n) is 1.84. The number of thiazole rings is 1. The zero-order chi connectivity index (χ0) is 12.7. The molecule has 4 nitrogen and oxygen atoms in total. The number of nitrogens with zero attached hydrogens (tertiary/aromatic N) is 2. The summed E-state index contributed by atoms with van der Waals surface area (Å²) in [5.74, 6) is 0.749. The zero-order valence-electron chi connectivity index (χ0n) is 10.2. The molecular weight excluding hydrogens is 246 g/mol. The lowest BCUT2D eigenvalue weighted by atomic mass is 10.1. The normalized spacial score (nSPS) is 11.5. The minimum absolute atomic E-state index is 0.321. The third kappa shape index (κ3) is 1.76. The summed E-state index contributed by atoms with van der Waals surface area (Å²) >= 11 is 1.72. The van der Waals surface area contributed by atoms with Crippen molar-refractivity contribution in [1.82, 2.24) is 10.1 Å². The fraction of sp³-hybridized carbons (Fsp3) is 0.231. The number of benzene rings is 1. The van der Waals surface area contributed by atoms with E-state index < -0.39 is 0 Å². The topological polar surface area (TPSA) is 64.9 Å². The van der Waals surface area contributed by atoms with Crippen LogP contribution >= 0.6 is 11.3 Å². The van der Waals surface area contributed by atoms with Crippen LogP contribution in [0.1, 0.15) is 24.8 Å². The Morgan fingerprint density at radius 1 is 1.33 bits per heavy atom. The van der Waals surface area contributed by atoms with E-state index >= 15 is 0 Å². The van der Waals surface area contributed by atoms with Crippen LogP contribution in [0.3, 0.4) is 0 Å². The number of aromatic nitrogens is 2. The van der Waals surface area contributed by atoms with Gasteiger partial charge in [-0.2, -0.15) is 0 Å². The highest BCUT2D eigenvalue weighted by atomic mass is 32.1. The lowest BCUT2D eigenvalue weighted by molar-refractivity contribution is 0.439. The van der Waals surface area contributed by atoms with Gasteiger partial charge in [-0.3, -0.25) is 0 Å². The third-order valence-corrected chi connectivity index (χ3v) is 4.05. The molecule has 0 amide bonds. The van der Waals surface area contributed by atoms with Crippen molar-refractivity contribution in [3.05, 3.63) is 29.3 Å². The molecule has 1 aromatic carbocycles. The summed E-state index contributed by atoms with van der Waals surface area (Å²) < 4.78 is 6.09. The lowest BCUT2D eigenvalue weighted by Crippen LogP contribution is -1.85. The third-order valence-electron chi connectivity index (χ3n) is 2.73. The van der Waals surface area contributed by atoms with Gasteiger partial charge >= 0.3 is 0 Å². The van der Waals surface area contributed by atoms with Crippen molar-refractivity contribution in [2.75, 3.05) is 5.73 Å². The van der Waals surface area contributed by atoms with Crippen LogP contribution in [0, 0.1) is 0 Å².